The number of hydrogen-bond acceptors (Lipinski definition) is 5. The van der Waals surface area contributed by atoms with Gasteiger partial charge in [-0.2, -0.15) is 4.98 Å². The van der Waals surface area contributed by atoms with Crippen molar-refractivity contribution in [2.75, 3.05) is 7.11 Å². The third kappa shape index (κ3) is 1.80. The number of ether oxygens (including phenoxy) is 1. The number of alkyl halides is 1. The molecule has 2 aromatic rings. The fraction of sp³-hybridized carbons (Fsp3) is 0.250. The van der Waals surface area contributed by atoms with E-state index in [1.54, 1.807) is 7.11 Å². The van der Waals surface area contributed by atoms with Gasteiger partial charge in [-0.3, -0.25) is 0 Å². The molecule has 0 spiro atoms. The molecule has 0 aliphatic heterocycles. The summed E-state index contributed by atoms with van der Waals surface area (Å²) in [5.41, 5.74) is 0. The number of aromatic nitrogens is 2. The molecule has 0 aromatic carbocycles. The van der Waals surface area contributed by atoms with Crippen LogP contribution < -0.4 is 4.74 Å². The first-order valence-corrected chi connectivity index (χ1v) is 5.85. The molecule has 0 aliphatic carbocycles. The van der Waals surface area contributed by atoms with Crippen LogP contribution in [0.25, 0.3) is 10.8 Å². The molecule has 0 bridgehead atoms. The maximum Gasteiger partial charge on any atom is 0.268 e. The predicted molar refractivity (Wildman–Crippen MR) is 56.8 cm³/mol. The Labute approximate surface area is 93.0 Å². The van der Waals surface area contributed by atoms with Crippen LogP contribution in [0.4, 0.5) is 0 Å². The lowest BCUT2D eigenvalue weighted by Gasteiger charge is -1.88. The largest absolute Gasteiger partial charge is 0.496 e. The predicted octanol–water partition coefficient (Wildman–Crippen LogP) is 2.70. The molecule has 6 heteroatoms. The smallest absolute Gasteiger partial charge is 0.268 e. The average Bonchev–Trinajstić information content (AvgIpc) is 2.86. The number of nitrogens with zero attached hydrogens (tertiary/aromatic N) is 2. The van der Waals surface area contributed by atoms with Gasteiger partial charge >= 0.3 is 0 Å². The van der Waals surface area contributed by atoms with Gasteiger partial charge in [-0.25, -0.2) is 0 Å². The van der Waals surface area contributed by atoms with Crippen LogP contribution in [0.3, 0.4) is 0 Å². The van der Waals surface area contributed by atoms with E-state index in [4.69, 9.17) is 9.26 Å². The lowest BCUT2D eigenvalue weighted by molar-refractivity contribution is 0.415. The summed E-state index contributed by atoms with van der Waals surface area (Å²) < 4.78 is 10.1. The van der Waals surface area contributed by atoms with E-state index in [9.17, 15) is 0 Å². The van der Waals surface area contributed by atoms with E-state index in [1.165, 1.54) is 11.3 Å². The topological polar surface area (TPSA) is 48.2 Å². The van der Waals surface area contributed by atoms with Gasteiger partial charge in [0.25, 0.3) is 5.89 Å². The highest BCUT2D eigenvalue weighted by atomic mass is 79.9. The van der Waals surface area contributed by atoms with Gasteiger partial charge in [-0.1, -0.05) is 21.1 Å². The molecule has 74 valence electrons. The Morgan fingerprint density at radius 2 is 2.50 bits per heavy atom. The van der Waals surface area contributed by atoms with Gasteiger partial charge in [0.15, 0.2) is 5.82 Å². The lowest BCUT2D eigenvalue weighted by atomic mass is 10.4. The Morgan fingerprint density at radius 1 is 1.64 bits per heavy atom. The second kappa shape index (κ2) is 4.10. The molecule has 0 saturated heterocycles. The third-order valence-corrected chi connectivity index (χ3v) is 3.01. The van der Waals surface area contributed by atoms with Gasteiger partial charge in [0, 0.05) is 11.4 Å². The van der Waals surface area contributed by atoms with Crippen LogP contribution in [0, 0.1) is 0 Å². The summed E-state index contributed by atoms with van der Waals surface area (Å²) >= 11 is 4.77. The monoisotopic (exact) mass is 274 g/mol. The summed E-state index contributed by atoms with van der Waals surface area (Å²) in [5.74, 6) is 1.99. The zero-order valence-corrected chi connectivity index (χ0v) is 9.76. The van der Waals surface area contributed by atoms with Crippen LogP contribution in [0.5, 0.6) is 5.75 Å². The first kappa shape index (κ1) is 9.67. The highest BCUT2D eigenvalue weighted by molar-refractivity contribution is 9.08. The van der Waals surface area contributed by atoms with E-state index in [1.807, 2.05) is 11.4 Å². The minimum Gasteiger partial charge on any atom is -0.496 e. The second-order valence-electron chi connectivity index (χ2n) is 2.50. The minimum atomic E-state index is 0.535. The number of rotatable bonds is 3. The molecule has 0 aliphatic rings. The summed E-state index contributed by atoms with van der Waals surface area (Å²) in [4.78, 5) is 5.09. The fourth-order valence-corrected chi connectivity index (χ4v) is 1.95. The van der Waals surface area contributed by atoms with Crippen LogP contribution in [-0.4, -0.2) is 17.3 Å². The molecule has 0 saturated carbocycles. The molecule has 2 rings (SSSR count). The molecule has 0 atom stereocenters. The maximum absolute atomic E-state index is 5.06. The Balaban J connectivity index is 2.29. The zero-order chi connectivity index (χ0) is 9.97. The Morgan fingerprint density at radius 3 is 3.07 bits per heavy atom. The van der Waals surface area contributed by atoms with E-state index in [-0.39, 0.29) is 0 Å². The molecule has 4 nitrogen and oxygen atoms in total. The van der Waals surface area contributed by atoms with Crippen molar-refractivity contribution < 1.29 is 9.26 Å². The van der Waals surface area contributed by atoms with E-state index in [0.29, 0.717) is 17.0 Å². The number of methoxy groups -OCH3 is 1. The van der Waals surface area contributed by atoms with Crippen LogP contribution >= 0.6 is 27.3 Å². The summed E-state index contributed by atoms with van der Waals surface area (Å²) in [6.07, 6.45) is 0. The third-order valence-electron chi connectivity index (χ3n) is 1.61. The first-order chi connectivity index (χ1) is 6.83. The fourth-order valence-electron chi connectivity index (χ4n) is 0.946. The zero-order valence-electron chi connectivity index (χ0n) is 7.36. The van der Waals surface area contributed by atoms with Crippen molar-refractivity contribution in [3.63, 3.8) is 0 Å². The first-order valence-electron chi connectivity index (χ1n) is 3.85. The quantitative estimate of drug-likeness (QED) is 0.808. The normalized spacial score (nSPS) is 10.4. The van der Waals surface area contributed by atoms with E-state index in [2.05, 4.69) is 26.1 Å². The maximum atomic E-state index is 5.06. The van der Waals surface area contributed by atoms with Gasteiger partial charge in [0.2, 0.25) is 0 Å². The average molecular weight is 275 g/mol. The minimum absolute atomic E-state index is 0.535. The van der Waals surface area contributed by atoms with Crippen LogP contribution in [0.1, 0.15) is 5.82 Å². The molecule has 2 heterocycles. The van der Waals surface area contributed by atoms with Crippen LogP contribution in [0.15, 0.2) is 16.0 Å². The molecule has 14 heavy (non-hydrogen) atoms. The van der Waals surface area contributed by atoms with Crippen molar-refractivity contribution in [1.82, 2.24) is 10.1 Å². The van der Waals surface area contributed by atoms with E-state index >= 15 is 0 Å². The van der Waals surface area contributed by atoms with Crippen LogP contribution in [-0.2, 0) is 5.33 Å². The van der Waals surface area contributed by atoms with E-state index < -0.39 is 0 Å². The summed E-state index contributed by atoms with van der Waals surface area (Å²) in [6.45, 7) is 0. The Bertz CT molecular complexity index is 386. The summed E-state index contributed by atoms with van der Waals surface area (Å²) in [6, 6.07) is 1.87. The molecule has 0 radical (unpaired) electrons. The van der Waals surface area contributed by atoms with Crippen molar-refractivity contribution in [1.29, 1.82) is 0 Å². The second-order valence-corrected chi connectivity index (χ2v) is 3.97. The van der Waals surface area contributed by atoms with Crippen molar-refractivity contribution in [2.45, 2.75) is 5.33 Å². The van der Waals surface area contributed by atoms with E-state index in [0.717, 1.165) is 10.6 Å². The molecular formula is C8H7BrN2O2S. The van der Waals surface area contributed by atoms with Crippen molar-refractivity contribution in [3.8, 4) is 16.5 Å². The molecule has 2 aromatic heterocycles. The number of halogens is 1. The summed E-state index contributed by atoms with van der Waals surface area (Å²) in [5, 5.41) is 6.27. The molecule has 0 unspecified atom stereocenters. The highest BCUT2D eigenvalue weighted by Gasteiger charge is 2.10. The van der Waals surface area contributed by atoms with Gasteiger partial charge in [-0.05, 0) is 0 Å². The van der Waals surface area contributed by atoms with Gasteiger partial charge in [-0.15, -0.1) is 11.3 Å². The van der Waals surface area contributed by atoms with Gasteiger partial charge < -0.3 is 9.26 Å². The number of hydrogen-bond donors (Lipinski definition) is 0. The molecule has 0 fully saturated rings. The van der Waals surface area contributed by atoms with Gasteiger partial charge in [0.05, 0.1) is 17.3 Å². The highest BCUT2D eigenvalue weighted by Crippen LogP contribution is 2.29. The Hall–Kier alpha value is -0.880. The van der Waals surface area contributed by atoms with Crippen molar-refractivity contribution in [2.24, 2.45) is 0 Å². The standard InChI is InChI=1S/C8H7BrN2O2S/c1-12-5-2-6(14-4-5)8-10-7(3-9)11-13-8/h2,4H,3H2,1H3. The van der Waals surface area contributed by atoms with Crippen LogP contribution in [0.2, 0.25) is 0 Å². The molecule has 0 N–H and O–H groups in total. The summed E-state index contributed by atoms with van der Waals surface area (Å²) in [7, 11) is 1.63. The SMILES string of the molecule is COc1csc(-c2nc(CBr)no2)c1. The Kier molecular flexibility index (Phi) is 2.83. The van der Waals surface area contributed by atoms with Crippen molar-refractivity contribution >= 4 is 27.3 Å². The molecular weight excluding hydrogens is 268 g/mol. The van der Waals surface area contributed by atoms with Crippen molar-refractivity contribution in [3.05, 3.63) is 17.3 Å². The number of thiophene rings is 1. The lowest BCUT2D eigenvalue weighted by Crippen LogP contribution is -1.78. The van der Waals surface area contributed by atoms with Gasteiger partial charge in [0.1, 0.15) is 5.75 Å². The molecule has 0 amide bonds.